The van der Waals surface area contributed by atoms with E-state index in [1.807, 2.05) is 24.3 Å². The summed E-state index contributed by atoms with van der Waals surface area (Å²) in [7, 11) is -3.51. The van der Waals surface area contributed by atoms with Crippen LogP contribution in [0.4, 0.5) is 0 Å². The Labute approximate surface area is 158 Å². The Hall–Kier alpha value is -1.97. The number of fused-ring (bicyclic) bond motifs is 1. The van der Waals surface area contributed by atoms with Crippen LogP contribution in [0.5, 0.6) is 0 Å². The number of carboxylic acids is 1. The van der Waals surface area contributed by atoms with E-state index in [0.717, 1.165) is 36.8 Å². The van der Waals surface area contributed by atoms with E-state index < -0.39 is 22.0 Å². The molecule has 0 radical (unpaired) electrons. The summed E-state index contributed by atoms with van der Waals surface area (Å²) in [6, 6.07) is 6.99. The first-order chi connectivity index (χ1) is 12.8. The summed E-state index contributed by atoms with van der Waals surface area (Å²) < 4.78 is 26.5. The Balaban J connectivity index is 0.000000299. The van der Waals surface area contributed by atoms with Gasteiger partial charge in [0.05, 0.1) is 17.7 Å². The van der Waals surface area contributed by atoms with Gasteiger partial charge in [-0.2, -0.15) is 4.31 Å². The maximum absolute atomic E-state index is 12.5. The normalized spacial score (nSPS) is 20.2. The number of amides is 1. The largest absolute Gasteiger partial charge is 0.481 e. The molecule has 2 aliphatic carbocycles. The second-order valence-corrected chi connectivity index (χ2v) is 9.33. The van der Waals surface area contributed by atoms with Gasteiger partial charge in [-0.1, -0.05) is 24.3 Å². The van der Waals surface area contributed by atoms with Crippen molar-refractivity contribution in [2.45, 2.75) is 44.8 Å². The molecular formula is C18H24N2O6S. The zero-order valence-electron chi connectivity index (χ0n) is 14.9. The highest BCUT2D eigenvalue weighted by Crippen LogP contribution is 2.36. The van der Waals surface area contributed by atoms with E-state index in [-0.39, 0.29) is 24.0 Å². The first kappa shape index (κ1) is 19.8. The Morgan fingerprint density at radius 3 is 2.11 bits per heavy atom. The fourth-order valence-electron chi connectivity index (χ4n) is 3.14. The van der Waals surface area contributed by atoms with Gasteiger partial charge in [0.25, 0.3) is 0 Å². The van der Waals surface area contributed by atoms with Crippen LogP contribution in [0, 0.1) is 11.8 Å². The summed E-state index contributed by atoms with van der Waals surface area (Å²) in [5.41, 5.74) is 2.03. The van der Waals surface area contributed by atoms with Crippen LogP contribution < -0.4 is 0 Å². The second-order valence-electron chi connectivity index (χ2n) is 7.32. The number of carboxylic acid groups (broad SMARTS) is 1. The van der Waals surface area contributed by atoms with Crippen LogP contribution in [0.1, 0.15) is 36.8 Å². The molecule has 1 aromatic rings. The van der Waals surface area contributed by atoms with E-state index in [1.165, 1.54) is 4.31 Å². The molecule has 148 valence electrons. The molecular weight excluding hydrogens is 372 g/mol. The number of carbonyl (C=O) groups excluding carboxylic acids is 1. The molecule has 0 spiro atoms. The van der Waals surface area contributed by atoms with E-state index in [9.17, 15) is 23.2 Å². The minimum atomic E-state index is -3.51. The molecule has 9 heteroatoms. The predicted octanol–water partition coefficient (Wildman–Crippen LogP) is 1.44. The molecule has 1 atom stereocenters. The highest BCUT2D eigenvalue weighted by atomic mass is 32.2. The van der Waals surface area contributed by atoms with Crippen molar-refractivity contribution in [3.8, 4) is 0 Å². The van der Waals surface area contributed by atoms with Gasteiger partial charge in [0.15, 0.2) is 0 Å². The van der Waals surface area contributed by atoms with Crippen molar-refractivity contribution < 1.29 is 28.3 Å². The van der Waals surface area contributed by atoms with Gasteiger partial charge in [0, 0.05) is 13.1 Å². The van der Waals surface area contributed by atoms with E-state index in [4.69, 9.17) is 5.11 Å². The lowest BCUT2D eigenvalue weighted by atomic mass is 10.1. The third-order valence-corrected chi connectivity index (χ3v) is 6.93. The molecule has 4 rings (SSSR count). The molecule has 1 aliphatic heterocycles. The molecule has 2 N–H and O–H groups in total. The zero-order chi connectivity index (χ0) is 19.6. The number of hydrogen-bond acceptors (Lipinski definition) is 5. The maximum Gasteiger partial charge on any atom is 0.306 e. The Morgan fingerprint density at radius 2 is 1.74 bits per heavy atom. The van der Waals surface area contributed by atoms with Gasteiger partial charge in [0.2, 0.25) is 16.4 Å². The monoisotopic (exact) mass is 396 g/mol. The number of hydroxylamine groups is 2. The third kappa shape index (κ3) is 5.06. The summed E-state index contributed by atoms with van der Waals surface area (Å²) in [6.07, 6.45) is 3.79. The number of nitrogens with zero attached hydrogens (tertiary/aromatic N) is 2. The molecule has 1 heterocycles. The van der Waals surface area contributed by atoms with Crippen molar-refractivity contribution in [3.05, 3.63) is 35.4 Å². The van der Waals surface area contributed by atoms with Gasteiger partial charge in [-0.25, -0.2) is 13.5 Å². The number of benzene rings is 1. The van der Waals surface area contributed by atoms with Crippen molar-refractivity contribution in [1.82, 2.24) is 9.37 Å². The fraction of sp³-hybridized carbons (Fsp3) is 0.556. The Morgan fingerprint density at radius 1 is 1.19 bits per heavy atom. The number of aliphatic carboxylic acids is 1. The van der Waals surface area contributed by atoms with Crippen LogP contribution in [0.25, 0.3) is 0 Å². The van der Waals surface area contributed by atoms with Crippen molar-refractivity contribution in [2.75, 3.05) is 5.75 Å². The molecule has 8 nitrogen and oxygen atoms in total. The van der Waals surface area contributed by atoms with Crippen LogP contribution in [0.15, 0.2) is 24.3 Å². The number of sulfonamides is 1. The van der Waals surface area contributed by atoms with Crippen LogP contribution in [-0.4, -0.2) is 52.3 Å². The lowest BCUT2D eigenvalue weighted by Crippen LogP contribution is -2.42. The summed E-state index contributed by atoms with van der Waals surface area (Å²) in [5, 5.41) is 18.2. The van der Waals surface area contributed by atoms with Crippen LogP contribution in [0.3, 0.4) is 0 Å². The van der Waals surface area contributed by atoms with E-state index in [0.29, 0.717) is 18.2 Å². The van der Waals surface area contributed by atoms with Gasteiger partial charge in [-0.3, -0.25) is 14.8 Å². The summed E-state index contributed by atoms with van der Waals surface area (Å²) in [6.45, 7) is 0.727. The van der Waals surface area contributed by atoms with E-state index >= 15 is 0 Å². The lowest BCUT2D eigenvalue weighted by Gasteiger charge is -2.25. The predicted molar refractivity (Wildman–Crippen MR) is 96.0 cm³/mol. The summed E-state index contributed by atoms with van der Waals surface area (Å²) >= 11 is 0. The fourth-order valence-corrected chi connectivity index (χ4v) is 4.88. The smallest absolute Gasteiger partial charge is 0.306 e. The highest BCUT2D eigenvalue weighted by molar-refractivity contribution is 7.89. The number of hydrogen-bond donors (Lipinski definition) is 2. The topological polar surface area (TPSA) is 115 Å². The average molecular weight is 396 g/mol. The quantitative estimate of drug-likeness (QED) is 0.409. The zero-order valence-corrected chi connectivity index (χ0v) is 15.7. The number of carbonyl (C=O) groups is 2. The number of rotatable bonds is 7. The molecule has 1 unspecified atom stereocenters. The molecule has 27 heavy (non-hydrogen) atoms. The summed E-state index contributed by atoms with van der Waals surface area (Å²) in [4.78, 5) is 20.5. The molecule has 0 aromatic heterocycles. The van der Waals surface area contributed by atoms with E-state index in [1.54, 1.807) is 0 Å². The van der Waals surface area contributed by atoms with Gasteiger partial charge < -0.3 is 5.11 Å². The molecule has 1 amide bonds. The standard InChI is InChI=1S/C14H18N2O4S.C4H6O2/c17-10-16(18)14(11-5-6-11)9-21(19,20)15-7-12-3-1-2-4-13(12)8-15;5-4(6)3-1-2-3/h1-4,10-11,14,18H,5-9H2;3H,1-2H2,(H,5,6). The second kappa shape index (κ2) is 7.95. The first-order valence-electron chi connectivity index (χ1n) is 9.01. The molecule has 2 fully saturated rings. The average Bonchev–Trinajstić information content (AvgIpc) is 3.55. The van der Waals surface area contributed by atoms with E-state index in [2.05, 4.69) is 0 Å². The van der Waals surface area contributed by atoms with Crippen molar-refractivity contribution >= 4 is 22.4 Å². The van der Waals surface area contributed by atoms with Gasteiger partial charge in [-0.15, -0.1) is 0 Å². The third-order valence-electron chi connectivity index (χ3n) is 5.13. The maximum atomic E-state index is 12.5. The van der Waals surface area contributed by atoms with Crippen LogP contribution in [-0.2, 0) is 32.7 Å². The molecule has 0 bridgehead atoms. The minimum Gasteiger partial charge on any atom is -0.481 e. The van der Waals surface area contributed by atoms with Crippen molar-refractivity contribution in [1.29, 1.82) is 0 Å². The van der Waals surface area contributed by atoms with Crippen LogP contribution >= 0.6 is 0 Å². The molecule has 3 aliphatic rings. The van der Waals surface area contributed by atoms with Gasteiger partial charge >= 0.3 is 5.97 Å². The minimum absolute atomic E-state index is 0.0185. The highest BCUT2D eigenvalue weighted by Gasteiger charge is 2.40. The summed E-state index contributed by atoms with van der Waals surface area (Å²) in [5.74, 6) is -0.749. The van der Waals surface area contributed by atoms with Crippen LogP contribution in [0.2, 0.25) is 0 Å². The SMILES string of the molecule is O=C(O)C1CC1.O=CN(O)C(CS(=O)(=O)N1Cc2ccccc2C1)C1CC1. The van der Waals surface area contributed by atoms with Gasteiger partial charge in [-0.05, 0) is 42.7 Å². The lowest BCUT2D eigenvalue weighted by molar-refractivity contribution is -0.160. The molecule has 1 aromatic carbocycles. The van der Waals surface area contributed by atoms with Crippen molar-refractivity contribution in [3.63, 3.8) is 0 Å². The van der Waals surface area contributed by atoms with Crippen molar-refractivity contribution in [2.24, 2.45) is 11.8 Å². The first-order valence-corrected chi connectivity index (χ1v) is 10.6. The Kier molecular flexibility index (Phi) is 5.83. The molecule has 2 saturated carbocycles. The Bertz CT molecular complexity index is 779. The van der Waals surface area contributed by atoms with Gasteiger partial charge in [0.1, 0.15) is 0 Å². The molecule has 0 saturated heterocycles.